The lowest BCUT2D eigenvalue weighted by Crippen LogP contribution is -2.38. The molecular weight excluding hydrogens is 299 g/mol. The number of carbonyl (C=O) groups is 2. The molecule has 1 saturated carbocycles. The number of para-hydroxylation sites is 1. The van der Waals surface area contributed by atoms with E-state index in [2.05, 4.69) is 5.32 Å². The van der Waals surface area contributed by atoms with Crippen LogP contribution in [0.1, 0.15) is 19.8 Å². The van der Waals surface area contributed by atoms with E-state index in [9.17, 15) is 9.59 Å². The van der Waals surface area contributed by atoms with E-state index in [1.54, 1.807) is 18.2 Å². The molecule has 0 aromatic heterocycles. The number of nitrogens with one attached hydrogen (secondary N) is 1. The van der Waals surface area contributed by atoms with Gasteiger partial charge in [-0.15, -0.1) is 0 Å². The van der Waals surface area contributed by atoms with E-state index in [1.165, 1.54) is 11.8 Å². The van der Waals surface area contributed by atoms with E-state index in [0.717, 1.165) is 12.8 Å². The number of benzene rings is 1. The van der Waals surface area contributed by atoms with Gasteiger partial charge in [-0.25, -0.2) is 0 Å². The number of hydrogen-bond acceptors (Lipinski definition) is 2. The Hall–Kier alpha value is -1.26. The molecule has 1 aromatic carbocycles. The van der Waals surface area contributed by atoms with Crippen molar-refractivity contribution in [3.8, 4) is 0 Å². The van der Waals surface area contributed by atoms with Crippen molar-refractivity contribution < 1.29 is 9.59 Å². The van der Waals surface area contributed by atoms with Crippen molar-refractivity contribution in [3.05, 3.63) is 28.2 Å². The Morgan fingerprint density at radius 1 is 1.30 bits per heavy atom. The number of rotatable bonds is 5. The topological polar surface area (TPSA) is 49.4 Å². The highest BCUT2D eigenvalue weighted by Gasteiger charge is 2.29. The summed E-state index contributed by atoms with van der Waals surface area (Å²) in [5.41, 5.74) is 0.490. The van der Waals surface area contributed by atoms with Gasteiger partial charge in [-0.1, -0.05) is 29.3 Å². The SMILES string of the molecule is CC(=O)N(CCNC(=O)C1CC1)c1c(Cl)cccc1Cl. The van der Waals surface area contributed by atoms with E-state index in [-0.39, 0.29) is 17.7 Å². The molecule has 1 fully saturated rings. The van der Waals surface area contributed by atoms with E-state index in [4.69, 9.17) is 23.2 Å². The van der Waals surface area contributed by atoms with Crippen LogP contribution in [0.5, 0.6) is 0 Å². The minimum atomic E-state index is -0.166. The van der Waals surface area contributed by atoms with Crippen molar-refractivity contribution in [1.29, 1.82) is 0 Å². The van der Waals surface area contributed by atoms with Crippen molar-refractivity contribution in [2.75, 3.05) is 18.0 Å². The van der Waals surface area contributed by atoms with E-state index in [0.29, 0.717) is 28.8 Å². The lowest BCUT2D eigenvalue weighted by atomic mass is 10.2. The maximum absolute atomic E-state index is 11.8. The van der Waals surface area contributed by atoms with Crippen LogP contribution in [0.4, 0.5) is 5.69 Å². The van der Waals surface area contributed by atoms with Gasteiger partial charge < -0.3 is 10.2 Å². The standard InChI is InChI=1S/C14H16Cl2N2O2/c1-9(19)18(8-7-17-14(20)10-5-6-10)13-11(15)3-2-4-12(13)16/h2-4,10H,5-8H2,1H3,(H,17,20). The number of carbonyl (C=O) groups excluding carboxylic acids is 2. The van der Waals surface area contributed by atoms with E-state index in [1.807, 2.05) is 0 Å². The molecule has 0 radical (unpaired) electrons. The Labute approximate surface area is 128 Å². The summed E-state index contributed by atoms with van der Waals surface area (Å²) in [7, 11) is 0. The fourth-order valence-corrected chi connectivity index (χ4v) is 2.56. The molecule has 6 heteroatoms. The molecule has 1 aromatic rings. The summed E-state index contributed by atoms with van der Waals surface area (Å²) in [5.74, 6) is 0.0455. The monoisotopic (exact) mass is 314 g/mol. The third kappa shape index (κ3) is 3.64. The summed E-state index contributed by atoms with van der Waals surface area (Å²) >= 11 is 12.2. The van der Waals surface area contributed by atoms with Gasteiger partial charge in [0.2, 0.25) is 11.8 Å². The van der Waals surface area contributed by atoms with Crippen molar-refractivity contribution >= 4 is 40.7 Å². The fraction of sp³-hybridized carbons (Fsp3) is 0.429. The Kier molecular flexibility index (Phi) is 4.89. The van der Waals surface area contributed by atoms with Crippen LogP contribution in [0, 0.1) is 5.92 Å². The highest BCUT2D eigenvalue weighted by molar-refractivity contribution is 6.39. The van der Waals surface area contributed by atoms with Gasteiger partial charge in [0.25, 0.3) is 0 Å². The zero-order valence-electron chi connectivity index (χ0n) is 11.2. The van der Waals surface area contributed by atoms with E-state index >= 15 is 0 Å². The smallest absolute Gasteiger partial charge is 0.224 e. The molecule has 1 aliphatic rings. The van der Waals surface area contributed by atoms with Gasteiger partial charge in [0.15, 0.2) is 0 Å². The molecule has 0 atom stereocenters. The number of amides is 2. The first-order valence-electron chi connectivity index (χ1n) is 6.50. The molecule has 0 saturated heterocycles. The minimum absolute atomic E-state index is 0.0544. The molecule has 2 rings (SSSR count). The maximum atomic E-state index is 11.8. The molecule has 0 aliphatic heterocycles. The number of hydrogen-bond donors (Lipinski definition) is 1. The predicted molar refractivity (Wildman–Crippen MR) is 80.2 cm³/mol. The summed E-state index contributed by atoms with van der Waals surface area (Å²) in [6.07, 6.45) is 1.91. The molecular formula is C14H16Cl2N2O2. The van der Waals surface area contributed by atoms with Crippen molar-refractivity contribution in [1.82, 2.24) is 5.32 Å². The first-order valence-corrected chi connectivity index (χ1v) is 7.26. The van der Waals surface area contributed by atoms with Crippen LogP contribution in [-0.4, -0.2) is 24.9 Å². The van der Waals surface area contributed by atoms with Gasteiger partial charge in [-0.3, -0.25) is 9.59 Å². The highest BCUT2D eigenvalue weighted by atomic mass is 35.5. The number of nitrogens with zero attached hydrogens (tertiary/aromatic N) is 1. The second kappa shape index (κ2) is 6.46. The fourth-order valence-electron chi connectivity index (χ4n) is 1.95. The summed E-state index contributed by atoms with van der Waals surface area (Å²) in [6, 6.07) is 5.09. The molecule has 2 amide bonds. The summed E-state index contributed by atoms with van der Waals surface area (Å²) in [6.45, 7) is 2.18. The largest absolute Gasteiger partial charge is 0.354 e. The lowest BCUT2D eigenvalue weighted by molar-refractivity contribution is -0.122. The van der Waals surface area contributed by atoms with Gasteiger partial charge in [0, 0.05) is 25.9 Å². The molecule has 0 spiro atoms. The van der Waals surface area contributed by atoms with Gasteiger partial charge in [0.05, 0.1) is 15.7 Å². The minimum Gasteiger partial charge on any atom is -0.354 e. The summed E-state index contributed by atoms with van der Waals surface area (Å²) in [4.78, 5) is 24.8. The van der Waals surface area contributed by atoms with Gasteiger partial charge in [-0.2, -0.15) is 0 Å². The molecule has 20 heavy (non-hydrogen) atoms. The van der Waals surface area contributed by atoms with Gasteiger partial charge in [0.1, 0.15) is 0 Å². The van der Waals surface area contributed by atoms with Crippen molar-refractivity contribution in [2.24, 2.45) is 5.92 Å². The van der Waals surface area contributed by atoms with Crippen LogP contribution in [0.3, 0.4) is 0 Å². The molecule has 1 N–H and O–H groups in total. The van der Waals surface area contributed by atoms with Crippen LogP contribution in [0.2, 0.25) is 10.0 Å². The van der Waals surface area contributed by atoms with Crippen LogP contribution in [0.15, 0.2) is 18.2 Å². The maximum Gasteiger partial charge on any atom is 0.224 e. The highest BCUT2D eigenvalue weighted by Crippen LogP contribution is 2.33. The van der Waals surface area contributed by atoms with Gasteiger partial charge in [-0.05, 0) is 25.0 Å². The van der Waals surface area contributed by atoms with E-state index < -0.39 is 0 Å². The average Bonchev–Trinajstić information content (AvgIpc) is 3.20. The molecule has 108 valence electrons. The zero-order chi connectivity index (χ0) is 14.7. The first kappa shape index (κ1) is 15.1. The normalized spacial score (nSPS) is 13.9. The Morgan fingerprint density at radius 3 is 2.40 bits per heavy atom. The molecule has 0 bridgehead atoms. The quantitative estimate of drug-likeness (QED) is 0.908. The lowest BCUT2D eigenvalue weighted by Gasteiger charge is -2.23. The third-order valence-corrected chi connectivity index (χ3v) is 3.78. The second-order valence-electron chi connectivity index (χ2n) is 4.81. The van der Waals surface area contributed by atoms with Gasteiger partial charge >= 0.3 is 0 Å². The number of anilines is 1. The average molecular weight is 315 g/mol. The molecule has 0 heterocycles. The first-order chi connectivity index (χ1) is 9.50. The Morgan fingerprint density at radius 2 is 1.90 bits per heavy atom. The molecule has 4 nitrogen and oxygen atoms in total. The summed E-state index contributed by atoms with van der Waals surface area (Å²) in [5, 5.41) is 3.66. The zero-order valence-corrected chi connectivity index (χ0v) is 12.7. The third-order valence-electron chi connectivity index (χ3n) is 3.17. The molecule has 0 unspecified atom stereocenters. The summed E-state index contributed by atoms with van der Waals surface area (Å²) < 4.78 is 0. The molecule has 1 aliphatic carbocycles. The number of halogens is 2. The van der Waals surface area contributed by atoms with Crippen LogP contribution < -0.4 is 10.2 Å². The second-order valence-corrected chi connectivity index (χ2v) is 5.62. The Balaban J connectivity index is 2.03. The predicted octanol–water partition coefficient (Wildman–Crippen LogP) is 2.87. The van der Waals surface area contributed by atoms with Crippen molar-refractivity contribution in [3.63, 3.8) is 0 Å². The Bertz CT molecular complexity index is 510. The van der Waals surface area contributed by atoms with Crippen LogP contribution in [-0.2, 0) is 9.59 Å². The van der Waals surface area contributed by atoms with Crippen LogP contribution >= 0.6 is 23.2 Å². The van der Waals surface area contributed by atoms with Crippen LogP contribution in [0.25, 0.3) is 0 Å². The van der Waals surface area contributed by atoms with Crippen molar-refractivity contribution in [2.45, 2.75) is 19.8 Å².